The summed E-state index contributed by atoms with van der Waals surface area (Å²) in [6, 6.07) is 4.05. The van der Waals surface area contributed by atoms with Gasteiger partial charge in [-0.2, -0.15) is 13.2 Å². The molecule has 2 heterocycles. The monoisotopic (exact) mass is 295 g/mol. The van der Waals surface area contributed by atoms with Gasteiger partial charge in [0.15, 0.2) is 0 Å². The first-order valence-electron chi connectivity index (χ1n) is 6.80. The lowest BCUT2D eigenvalue weighted by atomic mass is 9.77. The van der Waals surface area contributed by atoms with Gasteiger partial charge in [0.05, 0.1) is 11.8 Å². The molecule has 1 aromatic heterocycles. The number of furan rings is 1. The molecule has 0 saturated heterocycles. The summed E-state index contributed by atoms with van der Waals surface area (Å²) >= 11 is 0. The normalized spacial score (nSPS) is 18.8. The van der Waals surface area contributed by atoms with Crippen LogP contribution < -0.4 is 5.32 Å². The predicted molar refractivity (Wildman–Crippen MR) is 75.8 cm³/mol. The number of benzene rings is 1. The molecule has 0 radical (unpaired) electrons. The zero-order valence-electron chi connectivity index (χ0n) is 11.8. The first-order chi connectivity index (χ1) is 9.81. The Hall–Kier alpha value is -1.75. The van der Waals surface area contributed by atoms with Crippen LogP contribution in [-0.4, -0.2) is 13.1 Å². The van der Waals surface area contributed by atoms with Gasteiger partial charge in [-0.05, 0) is 17.7 Å². The highest BCUT2D eigenvalue weighted by Gasteiger charge is 2.35. The van der Waals surface area contributed by atoms with E-state index in [-0.39, 0.29) is 10.8 Å². The Morgan fingerprint density at radius 2 is 1.95 bits per heavy atom. The van der Waals surface area contributed by atoms with Crippen LogP contribution in [-0.2, 0) is 6.18 Å². The van der Waals surface area contributed by atoms with Crippen molar-refractivity contribution in [1.82, 2.24) is 5.32 Å². The van der Waals surface area contributed by atoms with Crippen molar-refractivity contribution in [3.8, 4) is 0 Å². The molecule has 1 N–H and O–H groups in total. The summed E-state index contributed by atoms with van der Waals surface area (Å²) in [7, 11) is 0. The molecule has 2 aromatic rings. The van der Waals surface area contributed by atoms with Crippen LogP contribution in [0.3, 0.4) is 0 Å². The molecular formula is C16H16F3NO. The van der Waals surface area contributed by atoms with Gasteiger partial charge in [0.2, 0.25) is 0 Å². The van der Waals surface area contributed by atoms with E-state index in [1.54, 1.807) is 0 Å². The van der Waals surface area contributed by atoms with Gasteiger partial charge in [-0.3, -0.25) is 0 Å². The summed E-state index contributed by atoms with van der Waals surface area (Å²) in [4.78, 5) is 0. The van der Waals surface area contributed by atoms with Crippen molar-refractivity contribution in [3.05, 3.63) is 41.7 Å². The molecule has 0 spiro atoms. The predicted octanol–water partition coefficient (Wildman–Crippen LogP) is 4.46. The molecule has 21 heavy (non-hydrogen) atoms. The number of rotatable bonds is 1. The molecule has 0 saturated carbocycles. The lowest BCUT2D eigenvalue weighted by molar-refractivity contribution is -0.136. The summed E-state index contributed by atoms with van der Waals surface area (Å²) in [5, 5.41) is 3.39. The summed E-state index contributed by atoms with van der Waals surface area (Å²) in [6.07, 6.45) is -1.04. The van der Waals surface area contributed by atoms with Crippen LogP contribution in [0.5, 0.6) is 0 Å². The standard InChI is InChI=1S/C16H16F3NO/c1-15(2)9-20-7-5-12(15)10-3-4-13(16(17,18)19)11-6-8-21-14(10)11/h3-6,8,20H,7,9H2,1-2H3. The van der Waals surface area contributed by atoms with Crippen molar-refractivity contribution in [1.29, 1.82) is 0 Å². The molecule has 112 valence electrons. The molecule has 0 unspecified atom stereocenters. The molecule has 0 atom stereocenters. The SMILES string of the molecule is CC1(C)CNCC=C1c1ccc(C(F)(F)F)c2ccoc12. The Bertz CT molecular complexity index is 710. The second-order valence-electron chi connectivity index (χ2n) is 5.95. The lowest BCUT2D eigenvalue weighted by Crippen LogP contribution is -2.35. The minimum atomic E-state index is -4.38. The number of fused-ring (bicyclic) bond motifs is 1. The smallest absolute Gasteiger partial charge is 0.417 e. The fourth-order valence-electron chi connectivity index (χ4n) is 2.93. The first kappa shape index (κ1) is 14.2. The van der Waals surface area contributed by atoms with Gasteiger partial charge < -0.3 is 9.73 Å². The molecule has 0 aliphatic carbocycles. The minimum absolute atomic E-state index is 0.121. The maximum Gasteiger partial charge on any atom is 0.417 e. The zero-order valence-corrected chi connectivity index (χ0v) is 11.8. The van der Waals surface area contributed by atoms with E-state index in [0.29, 0.717) is 12.1 Å². The van der Waals surface area contributed by atoms with Crippen LogP contribution in [0.1, 0.15) is 25.0 Å². The van der Waals surface area contributed by atoms with Crippen molar-refractivity contribution >= 4 is 16.5 Å². The quantitative estimate of drug-likeness (QED) is 0.840. The van der Waals surface area contributed by atoms with Crippen LogP contribution in [0.15, 0.2) is 35.0 Å². The van der Waals surface area contributed by atoms with Gasteiger partial charge in [0, 0.05) is 29.5 Å². The van der Waals surface area contributed by atoms with Crippen molar-refractivity contribution in [2.75, 3.05) is 13.1 Å². The minimum Gasteiger partial charge on any atom is -0.464 e. The van der Waals surface area contributed by atoms with Crippen molar-refractivity contribution in [3.63, 3.8) is 0 Å². The number of hydrogen-bond donors (Lipinski definition) is 1. The zero-order chi connectivity index (χ0) is 15.3. The molecule has 1 aromatic carbocycles. The highest BCUT2D eigenvalue weighted by molar-refractivity contribution is 5.93. The summed E-state index contributed by atoms with van der Waals surface area (Å²) in [5.74, 6) is 0. The molecule has 0 amide bonds. The Balaban J connectivity index is 2.22. The van der Waals surface area contributed by atoms with E-state index in [2.05, 4.69) is 19.2 Å². The van der Waals surface area contributed by atoms with Crippen molar-refractivity contribution < 1.29 is 17.6 Å². The number of nitrogens with one attached hydrogen (secondary N) is 1. The first-order valence-corrected chi connectivity index (χ1v) is 6.80. The summed E-state index contributed by atoms with van der Waals surface area (Å²) in [6.45, 7) is 5.62. The average Bonchev–Trinajstić information content (AvgIpc) is 2.85. The fourth-order valence-corrected chi connectivity index (χ4v) is 2.93. The number of halogens is 3. The third-order valence-corrected chi connectivity index (χ3v) is 3.96. The second kappa shape index (κ2) is 4.63. The van der Waals surface area contributed by atoms with Crippen LogP contribution in [0, 0.1) is 5.41 Å². The van der Waals surface area contributed by atoms with Crippen LogP contribution in [0.2, 0.25) is 0 Å². The highest BCUT2D eigenvalue weighted by Crippen LogP contribution is 2.42. The summed E-state index contributed by atoms with van der Waals surface area (Å²) < 4.78 is 44.5. The van der Waals surface area contributed by atoms with Gasteiger partial charge in [0.25, 0.3) is 0 Å². The molecular weight excluding hydrogens is 279 g/mol. The Morgan fingerprint density at radius 1 is 1.19 bits per heavy atom. The van der Waals surface area contributed by atoms with E-state index in [4.69, 9.17) is 4.42 Å². The number of hydrogen-bond acceptors (Lipinski definition) is 2. The van der Waals surface area contributed by atoms with Gasteiger partial charge in [0.1, 0.15) is 5.58 Å². The topological polar surface area (TPSA) is 25.2 Å². The third kappa shape index (κ3) is 2.35. The van der Waals surface area contributed by atoms with Gasteiger partial charge in [-0.25, -0.2) is 0 Å². The Morgan fingerprint density at radius 3 is 2.62 bits per heavy atom. The Kier molecular flexibility index (Phi) is 3.13. The van der Waals surface area contributed by atoms with E-state index >= 15 is 0 Å². The Labute approximate surface area is 120 Å². The van der Waals surface area contributed by atoms with Gasteiger partial charge in [-0.1, -0.05) is 26.0 Å². The average molecular weight is 295 g/mol. The van der Waals surface area contributed by atoms with Crippen LogP contribution in [0.25, 0.3) is 16.5 Å². The molecule has 2 nitrogen and oxygen atoms in total. The van der Waals surface area contributed by atoms with Crippen LogP contribution >= 0.6 is 0 Å². The molecule has 1 aliphatic heterocycles. The van der Waals surface area contributed by atoms with E-state index in [0.717, 1.165) is 23.7 Å². The van der Waals surface area contributed by atoms with Gasteiger partial charge in [-0.15, -0.1) is 0 Å². The van der Waals surface area contributed by atoms with Crippen LogP contribution in [0.4, 0.5) is 13.2 Å². The number of alkyl halides is 3. The molecule has 5 heteroatoms. The van der Waals surface area contributed by atoms with Gasteiger partial charge >= 0.3 is 6.18 Å². The van der Waals surface area contributed by atoms with Crippen molar-refractivity contribution in [2.24, 2.45) is 5.41 Å². The third-order valence-electron chi connectivity index (χ3n) is 3.96. The van der Waals surface area contributed by atoms with E-state index in [9.17, 15) is 13.2 Å². The summed E-state index contributed by atoms with van der Waals surface area (Å²) in [5.41, 5.74) is 1.27. The van der Waals surface area contributed by atoms with E-state index in [1.807, 2.05) is 6.08 Å². The maximum absolute atomic E-state index is 13.1. The lowest BCUT2D eigenvalue weighted by Gasteiger charge is -2.32. The van der Waals surface area contributed by atoms with Crippen molar-refractivity contribution in [2.45, 2.75) is 20.0 Å². The molecule has 0 bridgehead atoms. The molecule has 3 rings (SSSR count). The fraction of sp³-hybridized carbons (Fsp3) is 0.375. The van der Waals surface area contributed by atoms with E-state index in [1.165, 1.54) is 18.4 Å². The highest BCUT2D eigenvalue weighted by atomic mass is 19.4. The molecule has 1 aliphatic rings. The largest absolute Gasteiger partial charge is 0.464 e. The maximum atomic E-state index is 13.1. The molecule has 0 fully saturated rings. The second-order valence-corrected chi connectivity index (χ2v) is 5.95. The van der Waals surface area contributed by atoms with E-state index < -0.39 is 11.7 Å².